The molecule has 0 aliphatic carbocycles. The smallest absolute Gasteiger partial charge is 0.462 e. The maximum absolute atomic E-state index is 13.0. The van der Waals surface area contributed by atoms with Gasteiger partial charge in [0.15, 0.2) is 12.2 Å². The van der Waals surface area contributed by atoms with Gasteiger partial charge in [0.05, 0.1) is 26.4 Å². The highest BCUT2D eigenvalue weighted by atomic mass is 31.2. The summed E-state index contributed by atoms with van der Waals surface area (Å²) in [6.45, 7) is 9.54. The Bertz CT molecular complexity index is 1750. The van der Waals surface area contributed by atoms with Crippen LogP contribution >= 0.6 is 15.6 Å². The molecule has 0 saturated heterocycles. The van der Waals surface area contributed by atoms with Gasteiger partial charge in [-0.3, -0.25) is 37.3 Å². The van der Waals surface area contributed by atoms with E-state index in [0.717, 1.165) is 102 Å². The van der Waals surface area contributed by atoms with Crippen molar-refractivity contribution in [1.82, 2.24) is 0 Å². The Kier molecular flexibility index (Phi) is 61.8. The SMILES string of the molecule is CCCCCCCCCCCCCCC(=O)OC[C@H](COP(=O)(O)OC[C@H](O)COP(=O)(O)OC[C@@H](COC(=O)CCCCCCCCCCCCC(C)C)OC(=O)CCCCCCCCCCCCC(C)C)OC(=O)CCCCCCCCCCCCCC. The van der Waals surface area contributed by atoms with Crippen LogP contribution in [-0.4, -0.2) is 96.7 Å². The summed E-state index contributed by atoms with van der Waals surface area (Å²) in [6, 6.07) is 0. The summed E-state index contributed by atoms with van der Waals surface area (Å²) in [4.78, 5) is 72.6. The molecule has 0 aromatic rings. The molecule has 0 aliphatic heterocycles. The van der Waals surface area contributed by atoms with Crippen LogP contribution in [0, 0.1) is 11.8 Å². The number of ether oxygens (including phenoxy) is 4. The van der Waals surface area contributed by atoms with Gasteiger partial charge in [0.1, 0.15) is 19.3 Å². The molecule has 19 heteroatoms. The van der Waals surface area contributed by atoms with E-state index < -0.39 is 97.5 Å². The first-order valence-corrected chi connectivity index (χ1v) is 40.0. The lowest BCUT2D eigenvalue weighted by Crippen LogP contribution is -2.30. The highest BCUT2D eigenvalue weighted by molar-refractivity contribution is 7.47. The fourth-order valence-corrected chi connectivity index (χ4v) is 12.3. The predicted octanol–water partition coefficient (Wildman–Crippen LogP) is 20.4. The van der Waals surface area contributed by atoms with Gasteiger partial charge in [-0.05, 0) is 37.5 Å². The van der Waals surface area contributed by atoms with E-state index in [1.165, 1.54) is 180 Å². The number of hydrogen-bond donors (Lipinski definition) is 3. The minimum atomic E-state index is -4.95. The molecule has 0 aromatic heterocycles. The predicted molar refractivity (Wildman–Crippen MR) is 363 cm³/mol. The monoisotopic (exact) mass is 1320 g/mol. The second-order valence-electron chi connectivity index (χ2n) is 26.6. The van der Waals surface area contributed by atoms with Crippen LogP contribution in [0.1, 0.15) is 363 Å². The first kappa shape index (κ1) is 88.1. The number of rotatable bonds is 70. The molecule has 3 N–H and O–H groups in total. The van der Waals surface area contributed by atoms with E-state index in [2.05, 4.69) is 41.5 Å². The Hall–Kier alpha value is -1.94. The van der Waals surface area contributed by atoms with Gasteiger partial charge in [-0.2, -0.15) is 0 Å². The van der Waals surface area contributed by atoms with Crippen LogP contribution < -0.4 is 0 Å². The number of esters is 4. The third-order valence-electron chi connectivity index (χ3n) is 16.5. The molecule has 534 valence electrons. The molecular weight excluding hydrogens is 1190 g/mol. The van der Waals surface area contributed by atoms with Crippen LogP contribution in [0.3, 0.4) is 0 Å². The van der Waals surface area contributed by atoms with Gasteiger partial charge in [-0.1, -0.05) is 311 Å². The average molecular weight is 1330 g/mol. The zero-order valence-corrected chi connectivity index (χ0v) is 60.2. The van der Waals surface area contributed by atoms with Crippen molar-refractivity contribution in [2.75, 3.05) is 39.6 Å². The molecule has 5 atom stereocenters. The molecule has 0 fully saturated rings. The number of hydrogen-bond acceptors (Lipinski definition) is 15. The third-order valence-corrected chi connectivity index (χ3v) is 18.4. The lowest BCUT2D eigenvalue weighted by Gasteiger charge is -2.21. The number of carbonyl (C=O) groups is 4. The first-order valence-electron chi connectivity index (χ1n) is 37.0. The summed E-state index contributed by atoms with van der Waals surface area (Å²) in [7, 11) is -9.90. The Balaban J connectivity index is 5.26. The van der Waals surface area contributed by atoms with Gasteiger partial charge in [0.2, 0.25) is 0 Å². The summed E-state index contributed by atoms with van der Waals surface area (Å²) in [5.41, 5.74) is 0. The molecule has 0 bridgehead atoms. The molecular formula is C71H138O17P2. The summed E-state index contributed by atoms with van der Waals surface area (Å²) in [5.74, 6) is -0.610. The van der Waals surface area contributed by atoms with Crippen LogP contribution in [-0.2, 0) is 65.4 Å². The summed E-state index contributed by atoms with van der Waals surface area (Å²) < 4.78 is 68.3. The summed E-state index contributed by atoms with van der Waals surface area (Å²) >= 11 is 0. The minimum absolute atomic E-state index is 0.106. The van der Waals surface area contributed by atoms with Gasteiger partial charge < -0.3 is 33.8 Å². The summed E-state index contributed by atoms with van der Waals surface area (Å²) in [6.07, 6.45) is 48.4. The molecule has 2 unspecified atom stereocenters. The molecule has 0 rings (SSSR count). The average Bonchev–Trinajstić information content (AvgIpc) is 2.16. The van der Waals surface area contributed by atoms with Crippen LogP contribution in [0.15, 0.2) is 0 Å². The normalized spacial score (nSPS) is 14.1. The van der Waals surface area contributed by atoms with E-state index in [1.54, 1.807) is 0 Å². The molecule has 0 spiro atoms. The molecule has 90 heavy (non-hydrogen) atoms. The fraction of sp³-hybridized carbons (Fsp3) is 0.944. The zero-order valence-electron chi connectivity index (χ0n) is 58.4. The van der Waals surface area contributed by atoms with Crippen molar-refractivity contribution in [1.29, 1.82) is 0 Å². The van der Waals surface area contributed by atoms with Crippen molar-refractivity contribution in [3.8, 4) is 0 Å². The number of carbonyl (C=O) groups excluding carboxylic acids is 4. The first-order chi connectivity index (χ1) is 43.4. The van der Waals surface area contributed by atoms with Crippen LogP contribution in [0.5, 0.6) is 0 Å². The summed E-state index contributed by atoms with van der Waals surface area (Å²) in [5, 5.41) is 10.6. The molecule has 0 heterocycles. The van der Waals surface area contributed by atoms with Gasteiger partial charge >= 0.3 is 39.5 Å². The lowest BCUT2D eigenvalue weighted by atomic mass is 10.0. The van der Waals surface area contributed by atoms with Crippen molar-refractivity contribution in [3.05, 3.63) is 0 Å². The van der Waals surface area contributed by atoms with E-state index in [0.29, 0.717) is 25.7 Å². The Morgan fingerprint density at radius 1 is 0.300 bits per heavy atom. The maximum atomic E-state index is 13.0. The van der Waals surface area contributed by atoms with E-state index in [-0.39, 0.29) is 25.7 Å². The number of unbranched alkanes of at least 4 members (excludes halogenated alkanes) is 40. The standard InChI is InChI=1S/C71H138O17P2/c1-7-9-11-13-15-17-19-21-29-35-41-47-53-68(73)81-59-66(87-70(75)55-49-43-37-31-22-20-18-16-14-12-10-8-2)61-85-89(77,78)83-57-65(72)58-84-90(79,80)86-62-67(88-71(76)56-50-44-38-32-26-24-28-34-40-46-52-64(5)6)60-82-69(74)54-48-42-36-30-25-23-27-33-39-45-51-63(3)4/h63-67,72H,7-62H2,1-6H3,(H,77,78)(H,79,80)/t65-,66+,67+/m0/s1. The van der Waals surface area contributed by atoms with Gasteiger partial charge in [0.25, 0.3) is 0 Å². The van der Waals surface area contributed by atoms with Crippen molar-refractivity contribution >= 4 is 39.5 Å². The number of phosphoric acid groups is 2. The topological polar surface area (TPSA) is 237 Å². The molecule has 0 radical (unpaired) electrons. The molecule has 0 saturated carbocycles. The van der Waals surface area contributed by atoms with Crippen molar-refractivity contribution in [2.45, 2.75) is 381 Å². The third kappa shape index (κ3) is 64.8. The Morgan fingerprint density at radius 2 is 0.511 bits per heavy atom. The molecule has 0 amide bonds. The highest BCUT2D eigenvalue weighted by Crippen LogP contribution is 2.45. The fourth-order valence-electron chi connectivity index (χ4n) is 10.8. The molecule has 0 aliphatic rings. The Labute approximate surface area is 549 Å². The number of aliphatic hydroxyl groups is 1. The van der Waals surface area contributed by atoms with Gasteiger partial charge in [-0.25, -0.2) is 9.13 Å². The second kappa shape index (κ2) is 63.1. The Morgan fingerprint density at radius 3 is 0.756 bits per heavy atom. The molecule has 0 aromatic carbocycles. The van der Waals surface area contributed by atoms with E-state index in [9.17, 15) is 43.2 Å². The number of phosphoric ester groups is 2. The van der Waals surface area contributed by atoms with Crippen molar-refractivity contribution < 1.29 is 80.2 Å². The van der Waals surface area contributed by atoms with E-state index in [1.807, 2.05) is 0 Å². The maximum Gasteiger partial charge on any atom is 0.472 e. The quantitative estimate of drug-likeness (QED) is 0.0222. The molecule has 17 nitrogen and oxygen atoms in total. The zero-order chi connectivity index (χ0) is 66.5. The second-order valence-corrected chi connectivity index (χ2v) is 29.5. The van der Waals surface area contributed by atoms with Crippen LogP contribution in [0.2, 0.25) is 0 Å². The lowest BCUT2D eigenvalue weighted by molar-refractivity contribution is -0.161. The van der Waals surface area contributed by atoms with Crippen molar-refractivity contribution in [2.24, 2.45) is 11.8 Å². The van der Waals surface area contributed by atoms with Gasteiger partial charge in [0, 0.05) is 25.7 Å². The van der Waals surface area contributed by atoms with Crippen molar-refractivity contribution in [3.63, 3.8) is 0 Å². The highest BCUT2D eigenvalue weighted by Gasteiger charge is 2.30. The van der Waals surface area contributed by atoms with Crippen LogP contribution in [0.25, 0.3) is 0 Å². The minimum Gasteiger partial charge on any atom is -0.462 e. The van der Waals surface area contributed by atoms with E-state index in [4.69, 9.17) is 37.0 Å². The van der Waals surface area contributed by atoms with Crippen LogP contribution in [0.4, 0.5) is 0 Å². The number of aliphatic hydroxyl groups excluding tert-OH is 1. The van der Waals surface area contributed by atoms with E-state index >= 15 is 0 Å². The van der Waals surface area contributed by atoms with Gasteiger partial charge in [-0.15, -0.1) is 0 Å². The largest absolute Gasteiger partial charge is 0.472 e.